The minimum Gasteiger partial charge on any atom is -0.480 e. The third kappa shape index (κ3) is 4.46. The molecule has 0 saturated carbocycles. The van der Waals surface area contributed by atoms with Crippen LogP contribution >= 0.6 is 0 Å². The molecule has 0 bridgehead atoms. The van der Waals surface area contributed by atoms with E-state index in [1.165, 1.54) is 0 Å². The van der Waals surface area contributed by atoms with E-state index < -0.39 is 5.97 Å². The van der Waals surface area contributed by atoms with E-state index in [2.05, 4.69) is 0 Å². The molecule has 21 heavy (non-hydrogen) atoms. The summed E-state index contributed by atoms with van der Waals surface area (Å²) in [5, 5.41) is 8.82. The van der Waals surface area contributed by atoms with Gasteiger partial charge in [0, 0.05) is 25.7 Å². The summed E-state index contributed by atoms with van der Waals surface area (Å²) in [5.74, 6) is -0.845. The van der Waals surface area contributed by atoms with E-state index >= 15 is 0 Å². The van der Waals surface area contributed by atoms with E-state index in [-0.39, 0.29) is 25.3 Å². The molecule has 1 N–H and O–H groups in total. The number of nitrogens with zero attached hydrogens (tertiary/aromatic N) is 2. The molecule has 6 nitrogen and oxygen atoms in total. The number of carbonyl (C=O) groups is 2. The first-order valence-corrected chi connectivity index (χ1v) is 6.97. The highest BCUT2D eigenvalue weighted by molar-refractivity contribution is 5.69. The van der Waals surface area contributed by atoms with E-state index in [0.717, 1.165) is 5.56 Å². The zero-order valence-electron chi connectivity index (χ0n) is 12.1. The van der Waals surface area contributed by atoms with Crippen LogP contribution in [0, 0.1) is 0 Å². The van der Waals surface area contributed by atoms with Gasteiger partial charge in [-0.1, -0.05) is 30.3 Å². The lowest BCUT2D eigenvalue weighted by Crippen LogP contribution is -2.54. The van der Waals surface area contributed by atoms with Gasteiger partial charge < -0.3 is 14.7 Å². The van der Waals surface area contributed by atoms with Crippen LogP contribution in [-0.4, -0.2) is 59.2 Å². The Bertz CT molecular complexity index is 492. The zero-order valence-corrected chi connectivity index (χ0v) is 12.1. The summed E-state index contributed by atoms with van der Waals surface area (Å²) in [6.07, 6.45) is -0.347. The van der Waals surface area contributed by atoms with Gasteiger partial charge >= 0.3 is 12.1 Å². The highest BCUT2D eigenvalue weighted by Crippen LogP contribution is 2.11. The first kappa shape index (κ1) is 15.3. The van der Waals surface area contributed by atoms with Crippen molar-refractivity contribution in [3.05, 3.63) is 35.9 Å². The third-order valence-electron chi connectivity index (χ3n) is 3.57. The van der Waals surface area contributed by atoms with Crippen LogP contribution in [0.5, 0.6) is 0 Å². The van der Waals surface area contributed by atoms with Crippen LogP contribution in [0.4, 0.5) is 4.79 Å². The number of carbonyl (C=O) groups excluding carboxylic acids is 1. The van der Waals surface area contributed by atoms with Gasteiger partial charge in [-0.2, -0.15) is 0 Å². The highest BCUT2D eigenvalue weighted by atomic mass is 16.6. The van der Waals surface area contributed by atoms with E-state index in [1.54, 1.807) is 4.90 Å². The van der Waals surface area contributed by atoms with Crippen LogP contribution in [0.1, 0.15) is 12.5 Å². The molecule has 0 spiro atoms. The molecule has 1 heterocycles. The second kappa shape index (κ2) is 7.08. The van der Waals surface area contributed by atoms with Gasteiger partial charge in [-0.05, 0) is 12.5 Å². The van der Waals surface area contributed by atoms with Gasteiger partial charge in [-0.3, -0.25) is 9.69 Å². The number of carboxylic acid groups (broad SMARTS) is 1. The number of benzene rings is 1. The summed E-state index contributed by atoms with van der Waals surface area (Å²) in [6.45, 7) is 3.71. The number of amides is 1. The van der Waals surface area contributed by atoms with Crippen molar-refractivity contribution in [3.63, 3.8) is 0 Å². The summed E-state index contributed by atoms with van der Waals surface area (Å²) >= 11 is 0. The molecular formula is C15H20N2O4. The van der Waals surface area contributed by atoms with Crippen molar-refractivity contribution in [1.82, 2.24) is 9.80 Å². The fourth-order valence-corrected chi connectivity index (χ4v) is 2.38. The van der Waals surface area contributed by atoms with Crippen molar-refractivity contribution in [1.29, 1.82) is 0 Å². The summed E-state index contributed by atoms with van der Waals surface area (Å²) in [7, 11) is 0. The van der Waals surface area contributed by atoms with Crippen LogP contribution in [0.15, 0.2) is 30.3 Å². The van der Waals surface area contributed by atoms with Crippen molar-refractivity contribution in [2.24, 2.45) is 0 Å². The Balaban J connectivity index is 1.80. The van der Waals surface area contributed by atoms with Gasteiger partial charge in [0.1, 0.15) is 6.61 Å². The molecule has 0 aliphatic carbocycles. The number of rotatable bonds is 4. The van der Waals surface area contributed by atoms with Crippen LogP contribution in [0.3, 0.4) is 0 Å². The Labute approximate surface area is 123 Å². The van der Waals surface area contributed by atoms with Crippen LogP contribution in [0.2, 0.25) is 0 Å². The molecule has 1 aliphatic rings. The molecule has 1 fully saturated rings. The Kier molecular flexibility index (Phi) is 5.16. The minimum absolute atomic E-state index is 0.00801. The van der Waals surface area contributed by atoms with Crippen molar-refractivity contribution in [3.8, 4) is 0 Å². The molecule has 2 rings (SSSR count). The number of hydrogen-bond donors (Lipinski definition) is 1. The topological polar surface area (TPSA) is 70.1 Å². The second-order valence-corrected chi connectivity index (χ2v) is 5.20. The average molecular weight is 292 g/mol. The van der Waals surface area contributed by atoms with Crippen molar-refractivity contribution < 1.29 is 19.4 Å². The minimum atomic E-state index is -0.845. The molecule has 1 aromatic rings. The number of hydrogen-bond acceptors (Lipinski definition) is 4. The molecule has 1 saturated heterocycles. The lowest BCUT2D eigenvalue weighted by molar-refractivity contribution is -0.139. The Morgan fingerprint density at radius 2 is 2.00 bits per heavy atom. The SMILES string of the molecule is CC1CN(C(=O)OCc2ccccc2)CCN1CC(=O)O. The molecule has 6 heteroatoms. The second-order valence-electron chi connectivity index (χ2n) is 5.20. The Morgan fingerprint density at radius 1 is 1.29 bits per heavy atom. The molecule has 0 radical (unpaired) electrons. The van der Waals surface area contributed by atoms with Crippen molar-refractivity contribution in [2.75, 3.05) is 26.2 Å². The molecule has 114 valence electrons. The molecule has 0 aromatic heterocycles. The fraction of sp³-hybridized carbons (Fsp3) is 0.467. The fourth-order valence-electron chi connectivity index (χ4n) is 2.38. The van der Waals surface area contributed by atoms with Gasteiger partial charge in [0.05, 0.1) is 6.54 Å². The van der Waals surface area contributed by atoms with Gasteiger partial charge in [-0.25, -0.2) is 4.79 Å². The molecular weight excluding hydrogens is 272 g/mol. The Morgan fingerprint density at radius 3 is 2.62 bits per heavy atom. The average Bonchev–Trinajstić information content (AvgIpc) is 2.47. The number of ether oxygens (including phenoxy) is 1. The van der Waals surface area contributed by atoms with Gasteiger partial charge in [0.25, 0.3) is 0 Å². The van der Waals surface area contributed by atoms with E-state index in [0.29, 0.717) is 19.6 Å². The maximum atomic E-state index is 12.0. The summed E-state index contributed by atoms with van der Waals surface area (Å²) in [4.78, 5) is 26.2. The van der Waals surface area contributed by atoms with Crippen molar-refractivity contribution in [2.45, 2.75) is 19.6 Å². The van der Waals surface area contributed by atoms with Gasteiger partial charge in [-0.15, -0.1) is 0 Å². The van der Waals surface area contributed by atoms with Gasteiger partial charge in [0.2, 0.25) is 0 Å². The lowest BCUT2D eigenvalue weighted by atomic mass is 10.2. The van der Waals surface area contributed by atoms with Crippen LogP contribution in [0.25, 0.3) is 0 Å². The van der Waals surface area contributed by atoms with Crippen LogP contribution in [-0.2, 0) is 16.1 Å². The van der Waals surface area contributed by atoms with E-state index in [4.69, 9.17) is 9.84 Å². The highest BCUT2D eigenvalue weighted by Gasteiger charge is 2.28. The monoisotopic (exact) mass is 292 g/mol. The standard InChI is InChI=1S/C15H20N2O4/c1-12-9-17(8-7-16(12)10-14(18)19)15(20)21-11-13-5-3-2-4-6-13/h2-6,12H,7-11H2,1H3,(H,18,19). The smallest absolute Gasteiger partial charge is 0.410 e. The molecule has 1 aromatic carbocycles. The van der Waals surface area contributed by atoms with Crippen molar-refractivity contribution >= 4 is 12.1 Å². The maximum Gasteiger partial charge on any atom is 0.410 e. The predicted octanol–water partition coefficient (Wildman–Crippen LogP) is 1.41. The number of carboxylic acids is 1. The molecule has 1 unspecified atom stereocenters. The maximum absolute atomic E-state index is 12.0. The molecule has 1 aliphatic heterocycles. The lowest BCUT2D eigenvalue weighted by Gasteiger charge is -2.38. The first-order chi connectivity index (χ1) is 10.1. The molecule has 1 amide bonds. The van der Waals surface area contributed by atoms with Crippen LogP contribution < -0.4 is 0 Å². The molecule has 1 atom stereocenters. The quantitative estimate of drug-likeness (QED) is 0.908. The largest absolute Gasteiger partial charge is 0.480 e. The number of aliphatic carboxylic acids is 1. The first-order valence-electron chi connectivity index (χ1n) is 6.97. The normalized spacial score (nSPS) is 19.3. The summed E-state index contributed by atoms with van der Waals surface area (Å²) in [6, 6.07) is 9.53. The zero-order chi connectivity index (χ0) is 15.2. The summed E-state index contributed by atoms with van der Waals surface area (Å²) in [5.41, 5.74) is 0.948. The summed E-state index contributed by atoms with van der Waals surface area (Å²) < 4.78 is 5.28. The van der Waals surface area contributed by atoms with E-state index in [1.807, 2.05) is 42.2 Å². The Hall–Kier alpha value is -2.08. The third-order valence-corrected chi connectivity index (χ3v) is 3.57. The van der Waals surface area contributed by atoms with E-state index in [9.17, 15) is 9.59 Å². The predicted molar refractivity (Wildman–Crippen MR) is 76.9 cm³/mol. The van der Waals surface area contributed by atoms with Gasteiger partial charge in [0.15, 0.2) is 0 Å². The number of piperazine rings is 1.